The summed E-state index contributed by atoms with van der Waals surface area (Å²) >= 11 is 0. The van der Waals surface area contributed by atoms with E-state index >= 15 is 0 Å². The minimum Gasteiger partial charge on any atom is -0.328 e. The van der Waals surface area contributed by atoms with Crippen molar-refractivity contribution in [3.8, 4) is 0 Å². The van der Waals surface area contributed by atoms with E-state index in [1.807, 2.05) is 0 Å². The molecule has 1 fully saturated rings. The van der Waals surface area contributed by atoms with E-state index in [1.54, 1.807) is 0 Å². The topological polar surface area (TPSA) is 29.3 Å². The van der Waals surface area contributed by atoms with Crippen LogP contribution in [0.4, 0.5) is 0 Å². The van der Waals surface area contributed by atoms with Gasteiger partial charge in [0, 0.05) is 12.1 Å². The van der Waals surface area contributed by atoms with Crippen molar-refractivity contribution < 1.29 is 0 Å². The van der Waals surface area contributed by atoms with Gasteiger partial charge in [-0.3, -0.25) is 0 Å². The van der Waals surface area contributed by atoms with Crippen LogP contribution in [0.3, 0.4) is 0 Å². The van der Waals surface area contributed by atoms with Gasteiger partial charge in [-0.15, -0.1) is 0 Å². The molecule has 3 atom stereocenters. The standard InChI is InChI=1S/C15H32N2/c1-5-12(3)11-15(6-2)17-9-7-14(8-10-17)13(4)16/h12-15H,5-11,16H2,1-4H3. The lowest BCUT2D eigenvalue weighted by molar-refractivity contribution is 0.106. The zero-order valence-electron chi connectivity index (χ0n) is 12.3. The van der Waals surface area contributed by atoms with E-state index in [-0.39, 0.29) is 0 Å². The quantitative estimate of drug-likeness (QED) is 0.772. The first-order valence-electron chi connectivity index (χ1n) is 7.58. The normalized spacial score (nSPS) is 24.5. The van der Waals surface area contributed by atoms with E-state index in [1.165, 1.54) is 45.2 Å². The number of hydrogen-bond donors (Lipinski definition) is 1. The molecule has 0 aromatic rings. The average molecular weight is 240 g/mol. The lowest BCUT2D eigenvalue weighted by Crippen LogP contribution is -2.44. The van der Waals surface area contributed by atoms with Crippen molar-refractivity contribution in [2.75, 3.05) is 13.1 Å². The first kappa shape index (κ1) is 15.0. The molecule has 2 heteroatoms. The van der Waals surface area contributed by atoms with Gasteiger partial charge in [0.15, 0.2) is 0 Å². The van der Waals surface area contributed by atoms with Crippen LogP contribution < -0.4 is 5.73 Å². The lowest BCUT2D eigenvalue weighted by atomic mass is 9.88. The third-order valence-corrected chi connectivity index (χ3v) is 4.68. The number of rotatable bonds is 6. The Morgan fingerprint density at radius 1 is 1.12 bits per heavy atom. The van der Waals surface area contributed by atoms with Crippen molar-refractivity contribution in [3.63, 3.8) is 0 Å². The highest BCUT2D eigenvalue weighted by Crippen LogP contribution is 2.25. The Morgan fingerprint density at radius 2 is 1.71 bits per heavy atom. The second-order valence-corrected chi connectivity index (χ2v) is 6.04. The molecule has 0 spiro atoms. The van der Waals surface area contributed by atoms with Crippen molar-refractivity contribution in [2.24, 2.45) is 17.6 Å². The Bertz CT molecular complexity index is 195. The monoisotopic (exact) mass is 240 g/mol. The molecule has 1 aliphatic heterocycles. The molecule has 102 valence electrons. The second kappa shape index (κ2) is 7.38. The smallest absolute Gasteiger partial charge is 0.00951 e. The Labute approximate surface area is 108 Å². The van der Waals surface area contributed by atoms with Gasteiger partial charge in [0.2, 0.25) is 0 Å². The highest BCUT2D eigenvalue weighted by Gasteiger charge is 2.26. The van der Waals surface area contributed by atoms with Crippen LogP contribution in [0.5, 0.6) is 0 Å². The van der Waals surface area contributed by atoms with E-state index in [2.05, 4.69) is 32.6 Å². The van der Waals surface area contributed by atoms with Gasteiger partial charge in [-0.1, -0.05) is 27.2 Å². The van der Waals surface area contributed by atoms with Gasteiger partial charge < -0.3 is 10.6 Å². The number of nitrogens with two attached hydrogens (primary N) is 1. The van der Waals surface area contributed by atoms with Crippen molar-refractivity contribution >= 4 is 0 Å². The second-order valence-electron chi connectivity index (χ2n) is 6.04. The molecular weight excluding hydrogens is 208 g/mol. The number of hydrogen-bond acceptors (Lipinski definition) is 2. The van der Waals surface area contributed by atoms with E-state index < -0.39 is 0 Å². The fraction of sp³-hybridized carbons (Fsp3) is 1.00. The fourth-order valence-corrected chi connectivity index (χ4v) is 3.02. The summed E-state index contributed by atoms with van der Waals surface area (Å²) in [5.74, 6) is 1.62. The molecular formula is C15H32N2. The maximum absolute atomic E-state index is 6.00. The first-order chi connectivity index (χ1) is 8.08. The van der Waals surface area contributed by atoms with Gasteiger partial charge >= 0.3 is 0 Å². The third-order valence-electron chi connectivity index (χ3n) is 4.68. The van der Waals surface area contributed by atoms with Crippen LogP contribution in [-0.4, -0.2) is 30.1 Å². The Hall–Kier alpha value is -0.0800. The Balaban J connectivity index is 2.39. The van der Waals surface area contributed by atoms with Crippen LogP contribution in [-0.2, 0) is 0 Å². The van der Waals surface area contributed by atoms with Crippen LogP contribution in [0.2, 0.25) is 0 Å². The van der Waals surface area contributed by atoms with Gasteiger partial charge in [-0.05, 0) is 57.5 Å². The van der Waals surface area contributed by atoms with E-state index in [0.29, 0.717) is 6.04 Å². The van der Waals surface area contributed by atoms with Crippen molar-refractivity contribution in [1.82, 2.24) is 4.90 Å². The molecule has 0 radical (unpaired) electrons. The SMILES string of the molecule is CCC(C)CC(CC)N1CCC(C(C)N)CC1. The minimum absolute atomic E-state index is 0.381. The third kappa shape index (κ3) is 4.59. The van der Waals surface area contributed by atoms with Crippen molar-refractivity contribution in [3.05, 3.63) is 0 Å². The molecule has 0 aromatic heterocycles. The van der Waals surface area contributed by atoms with Gasteiger partial charge in [0.1, 0.15) is 0 Å². The summed E-state index contributed by atoms with van der Waals surface area (Å²) in [6, 6.07) is 1.19. The predicted octanol–water partition coefficient (Wildman–Crippen LogP) is 3.26. The minimum atomic E-state index is 0.381. The van der Waals surface area contributed by atoms with Crippen LogP contribution in [0, 0.1) is 11.8 Å². The van der Waals surface area contributed by atoms with Crippen LogP contribution in [0.15, 0.2) is 0 Å². The van der Waals surface area contributed by atoms with Crippen LogP contribution in [0.25, 0.3) is 0 Å². The molecule has 0 saturated carbocycles. The van der Waals surface area contributed by atoms with E-state index in [9.17, 15) is 0 Å². The molecule has 0 aliphatic carbocycles. The summed E-state index contributed by atoms with van der Waals surface area (Å²) in [5, 5.41) is 0. The zero-order valence-corrected chi connectivity index (χ0v) is 12.3. The largest absolute Gasteiger partial charge is 0.328 e. The zero-order chi connectivity index (χ0) is 12.8. The summed E-state index contributed by atoms with van der Waals surface area (Å²) in [7, 11) is 0. The highest BCUT2D eigenvalue weighted by molar-refractivity contribution is 4.81. The maximum Gasteiger partial charge on any atom is 0.00951 e. The molecule has 0 amide bonds. The summed E-state index contributed by atoms with van der Waals surface area (Å²) in [6.45, 7) is 11.7. The van der Waals surface area contributed by atoms with Crippen LogP contribution >= 0.6 is 0 Å². The first-order valence-corrected chi connectivity index (χ1v) is 7.58. The average Bonchev–Trinajstić information content (AvgIpc) is 2.35. The summed E-state index contributed by atoms with van der Waals surface area (Å²) < 4.78 is 0. The van der Waals surface area contributed by atoms with Gasteiger partial charge in [0.05, 0.1) is 0 Å². The van der Waals surface area contributed by atoms with Crippen LogP contribution in [0.1, 0.15) is 59.8 Å². The number of piperidine rings is 1. The van der Waals surface area contributed by atoms with Gasteiger partial charge in [-0.2, -0.15) is 0 Å². The molecule has 3 unspecified atom stereocenters. The molecule has 0 aromatic carbocycles. The molecule has 1 heterocycles. The number of nitrogens with zero attached hydrogens (tertiary/aromatic N) is 1. The maximum atomic E-state index is 6.00. The molecule has 2 nitrogen and oxygen atoms in total. The summed E-state index contributed by atoms with van der Waals surface area (Å²) in [4.78, 5) is 2.71. The van der Waals surface area contributed by atoms with E-state index in [4.69, 9.17) is 5.73 Å². The number of likely N-dealkylation sites (tertiary alicyclic amines) is 1. The molecule has 17 heavy (non-hydrogen) atoms. The Morgan fingerprint density at radius 3 is 2.12 bits per heavy atom. The van der Waals surface area contributed by atoms with Gasteiger partial charge in [-0.25, -0.2) is 0 Å². The predicted molar refractivity (Wildman–Crippen MR) is 76.1 cm³/mol. The Kier molecular flexibility index (Phi) is 6.50. The lowest BCUT2D eigenvalue weighted by Gasteiger charge is -2.39. The molecule has 1 rings (SSSR count). The van der Waals surface area contributed by atoms with Gasteiger partial charge in [0.25, 0.3) is 0 Å². The molecule has 1 aliphatic rings. The summed E-state index contributed by atoms with van der Waals surface area (Å²) in [6.07, 6.45) is 6.58. The van der Waals surface area contributed by atoms with E-state index in [0.717, 1.165) is 17.9 Å². The van der Waals surface area contributed by atoms with Crippen molar-refractivity contribution in [1.29, 1.82) is 0 Å². The highest BCUT2D eigenvalue weighted by atomic mass is 15.2. The molecule has 0 bridgehead atoms. The van der Waals surface area contributed by atoms with Crippen molar-refractivity contribution in [2.45, 2.75) is 71.9 Å². The fourth-order valence-electron chi connectivity index (χ4n) is 3.02. The molecule has 1 saturated heterocycles. The summed E-state index contributed by atoms with van der Waals surface area (Å²) in [5.41, 5.74) is 6.00. The molecule has 2 N–H and O–H groups in total.